The molecule has 0 radical (unpaired) electrons. The summed E-state index contributed by atoms with van der Waals surface area (Å²) in [7, 11) is 3.61. The molecule has 0 aliphatic carbocycles. The van der Waals surface area contributed by atoms with Crippen molar-refractivity contribution in [1.82, 2.24) is 9.97 Å². The van der Waals surface area contributed by atoms with Crippen molar-refractivity contribution in [3.05, 3.63) is 48.3 Å². The maximum absolute atomic E-state index is 11.4. The smallest absolute Gasteiger partial charge is 0.305 e. The minimum atomic E-state index is -0.140. The number of anilines is 2. The van der Waals surface area contributed by atoms with Crippen molar-refractivity contribution in [2.24, 2.45) is 0 Å². The summed E-state index contributed by atoms with van der Waals surface area (Å²) in [6.45, 7) is 4.69. The monoisotopic (exact) mass is 437 g/mol. The van der Waals surface area contributed by atoms with Crippen molar-refractivity contribution >= 4 is 28.4 Å². The van der Waals surface area contributed by atoms with E-state index in [9.17, 15) is 4.79 Å². The van der Waals surface area contributed by atoms with E-state index in [0.717, 1.165) is 47.5 Å². The van der Waals surface area contributed by atoms with Crippen LogP contribution in [0.15, 0.2) is 42.5 Å². The zero-order valence-electron chi connectivity index (χ0n) is 19.3. The molecule has 7 nitrogen and oxygen atoms in total. The van der Waals surface area contributed by atoms with Gasteiger partial charge in [-0.1, -0.05) is 12.1 Å². The third kappa shape index (κ3) is 5.87. The summed E-state index contributed by atoms with van der Waals surface area (Å²) >= 11 is 0. The zero-order chi connectivity index (χ0) is 22.9. The summed E-state index contributed by atoms with van der Waals surface area (Å²) < 4.78 is 16.5. The van der Waals surface area contributed by atoms with Crippen LogP contribution in [0.2, 0.25) is 0 Å². The second kappa shape index (κ2) is 11.3. The van der Waals surface area contributed by atoms with E-state index in [1.165, 1.54) is 0 Å². The molecule has 0 bridgehead atoms. The van der Waals surface area contributed by atoms with Gasteiger partial charge in [0, 0.05) is 30.6 Å². The molecule has 0 spiro atoms. The maximum atomic E-state index is 11.4. The molecule has 0 N–H and O–H groups in total. The number of carbonyl (C=O) groups is 1. The van der Waals surface area contributed by atoms with Gasteiger partial charge in [0.05, 0.1) is 25.8 Å². The van der Waals surface area contributed by atoms with Gasteiger partial charge in [0.25, 0.3) is 0 Å². The molecule has 170 valence electrons. The van der Waals surface area contributed by atoms with Crippen LogP contribution in [0.3, 0.4) is 0 Å². The number of nitrogens with zero attached hydrogens (tertiary/aromatic N) is 3. The molecule has 3 aromatic rings. The Bertz CT molecular complexity index is 1050. The summed E-state index contributed by atoms with van der Waals surface area (Å²) in [5.74, 6) is 2.77. The first-order valence-electron chi connectivity index (χ1n) is 11.0. The number of rotatable bonds is 11. The third-order valence-electron chi connectivity index (χ3n) is 5.14. The summed E-state index contributed by atoms with van der Waals surface area (Å²) in [5, 5.41) is 0.987. The van der Waals surface area contributed by atoms with Crippen LogP contribution in [0.1, 0.15) is 38.4 Å². The fourth-order valence-corrected chi connectivity index (χ4v) is 3.50. The highest BCUT2D eigenvalue weighted by atomic mass is 16.5. The number of benzene rings is 2. The number of hydrogen-bond donors (Lipinski definition) is 0. The molecule has 0 unspecified atom stereocenters. The van der Waals surface area contributed by atoms with E-state index >= 15 is 0 Å². The Balaban J connectivity index is 1.69. The van der Waals surface area contributed by atoms with Gasteiger partial charge in [0.1, 0.15) is 11.6 Å². The molecule has 3 rings (SSSR count). The van der Waals surface area contributed by atoms with E-state index in [0.29, 0.717) is 31.1 Å². The Hall–Kier alpha value is -3.35. The van der Waals surface area contributed by atoms with E-state index in [1.54, 1.807) is 7.11 Å². The molecule has 0 aliphatic rings. The SMILES string of the molecule is CCOC(=O)CCCCCOc1cc(N(C)c2nc(C)nc3ccccc23)ccc1OC. The van der Waals surface area contributed by atoms with Crippen molar-refractivity contribution in [2.45, 2.75) is 39.5 Å². The lowest BCUT2D eigenvalue weighted by Crippen LogP contribution is -2.13. The molecule has 1 heterocycles. The van der Waals surface area contributed by atoms with Crippen LogP contribution in [0.25, 0.3) is 10.9 Å². The van der Waals surface area contributed by atoms with Gasteiger partial charge in [-0.2, -0.15) is 0 Å². The Morgan fingerprint density at radius 3 is 2.62 bits per heavy atom. The standard InChI is InChI=1S/C25H31N3O4/c1-5-31-24(29)13-7-6-10-16-32-23-17-19(14-15-22(23)30-4)28(3)25-20-11-8-9-12-21(20)26-18(2)27-25/h8-9,11-12,14-15,17H,5-7,10,13,16H2,1-4H3. The number of esters is 1. The average Bonchev–Trinajstić information content (AvgIpc) is 2.80. The average molecular weight is 438 g/mol. The van der Waals surface area contributed by atoms with Gasteiger partial charge in [-0.25, -0.2) is 9.97 Å². The zero-order valence-corrected chi connectivity index (χ0v) is 19.3. The van der Waals surface area contributed by atoms with E-state index in [2.05, 4.69) is 9.97 Å². The second-order valence-electron chi connectivity index (χ2n) is 7.47. The van der Waals surface area contributed by atoms with E-state index in [-0.39, 0.29) is 5.97 Å². The fraction of sp³-hybridized carbons (Fsp3) is 0.400. The second-order valence-corrected chi connectivity index (χ2v) is 7.47. The Labute approximate surface area is 189 Å². The predicted molar refractivity (Wildman–Crippen MR) is 126 cm³/mol. The lowest BCUT2D eigenvalue weighted by Gasteiger charge is -2.22. The van der Waals surface area contributed by atoms with Crippen LogP contribution in [-0.4, -0.2) is 43.3 Å². The highest BCUT2D eigenvalue weighted by Crippen LogP contribution is 2.35. The largest absolute Gasteiger partial charge is 0.493 e. The van der Waals surface area contributed by atoms with E-state index < -0.39 is 0 Å². The van der Waals surface area contributed by atoms with Crippen molar-refractivity contribution in [2.75, 3.05) is 32.3 Å². The molecule has 0 amide bonds. The highest BCUT2D eigenvalue weighted by Gasteiger charge is 2.14. The van der Waals surface area contributed by atoms with Gasteiger partial charge < -0.3 is 19.1 Å². The number of carbonyl (C=O) groups excluding carboxylic acids is 1. The first-order valence-corrected chi connectivity index (χ1v) is 11.0. The summed E-state index contributed by atoms with van der Waals surface area (Å²) in [6.07, 6.45) is 2.98. The minimum absolute atomic E-state index is 0.140. The van der Waals surface area contributed by atoms with Crippen LogP contribution < -0.4 is 14.4 Å². The van der Waals surface area contributed by atoms with Gasteiger partial charge in [0.2, 0.25) is 0 Å². The molecule has 0 saturated heterocycles. The number of aromatic nitrogens is 2. The van der Waals surface area contributed by atoms with Gasteiger partial charge >= 0.3 is 5.97 Å². The number of fused-ring (bicyclic) bond motifs is 1. The molecule has 0 atom stereocenters. The van der Waals surface area contributed by atoms with Crippen molar-refractivity contribution in [1.29, 1.82) is 0 Å². The van der Waals surface area contributed by atoms with Gasteiger partial charge in [0.15, 0.2) is 11.5 Å². The third-order valence-corrected chi connectivity index (χ3v) is 5.14. The summed E-state index contributed by atoms with van der Waals surface area (Å²) in [6, 6.07) is 13.8. The molecule has 0 aliphatic heterocycles. The molecular formula is C25H31N3O4. The van der Waals surface area contributed by atoms with Crippen LogP contribution in [0.4, 0.5) is 11.5 Å². The van der Waals surface area contributed by atoms with Crippen LogP contribution in [0, 0.1) is 6.92 Å². The van der Waals surface area contributed by atoms with Gasteiger partial charge in [-0.05, 0) is 57.4 Å². The lowest BCUT2D eigenvalue weighted by atomic mass is 10.2. The van der Waals surface area contributed by atoms with Crippen molar-refractivity contribution in [3.8, 4) is 11.5 Å². The van der Waals surface area contributed by atoms with Crippen molar-refractivity contribution in [3.63, 3.8) is 0 Å². The molecule has 0 fully saturated rings. The van der Waals surface area contributed by atoms with Crippen LogP contribution >= 0.6 is 0 Å². The van der Waals surface area contributed by atoms with Crippen LogP contribution in [-0.2, 0) is 9.53 Å². The molecule has 2 aromatic carbocycles. The van der Waals surface area contributed by atoms with Gasteiger partial charge in [-0.15, -0.1) is 0 Å². The number of unbranched alkanes of at least 4 members (excludes halogenated alkanes) is 2. The van der Waals surface area contributed by atoms with Gasteiger partial charge in [-0.3, -0.25) is 4.79 Å². The minimum Gasteiger partial charge on any atom is -0.493 e. The molecule has 1 aromatic heterocycles. The molecule has 0 saturated carbocycles. The quantitative estimate of drug-likeness (QED) is 0.301. The number of aryl methyl sites for hydroxylation is 1. The lowest BCUT2D eigenvalue weighted by molar-refractivity contribution is -0.143. The number of ether oxygens (including phenoxy) is 3. The van der Waals surface area contributed by atoms with Crippen LogP contribution in [0.5, 0.6) is 11.5 Å². The topological polar surface area (TPSA) is 73.8 Å². The Morgan fingerprint density at radius 1 is 1.03 bits per heavy atom. The van der Waals surface area contributed by atoms with E-state index in [4.69, 9.17) is 14.2 Å². The molecule has 7 heteroatoms. The molecule has 32 heavy (non-hydrogen) atoms. The molecular weight excluding hydrogens is 406 g/mol. The Kier molecular flexibility index (Phi) is 8.25. The highest BCUT2D eigenvalue weighted by molar-refractivity contribution is 5.91. The Morgan fingerprint density at radius 2 is 1.84 bits per heavy atom. The number of methoxy groups -OCH3 is 1. The van der Waals surface area contributed by atoms with Crippen molar-refractivity contribution < 1.29 is 19.0 Å². The maximum Gasteiger partial charge on any atom is 0.305 e. The fourth-order valence-electron chi connectivity index (χ4n) is 3.50. The first-order chi connectivity index (χ1) is 15.5. The normalized spacial score (nSPS) is 10.8. The predicted octanol–water partition coefficient (Wildman–Crippen LogP) is 5.22. The number of hydrogen-bond acceptors (Lipinski definition) is 7. The first kappa shape index (κ1) is 23.3. The van der Waals surface area contributed by atoms with E-state index in [1.807, 2.05) is 68.3 Å². The number of para-hydroxylation sites is 1. The summed E-state index contributed by atoms with van der Waals surface area (Å²) in [5.41, 5.74) is 1.85. The summed E-state index contributed by atoms with van der Waals surface area (Å²) in [4.78, 5) is 22.7.